The van der Waals surface area contributed by atoms with Gasteiger partial charge in [0.1, 0.15) is 11.4 Å². The van der Waals surface area contributed by atoms with Gasteiger partial charge in [0, 0.05) is 36.1 Å². The summed E-state index contributed by atoms with van der Waals surface area (Å²) in [6, 6.07) is 15.5. The van der Waals surface area contributed by atoms with Crippen LogP contribution in [-0.2, 0) is 4.79 Å². The van der Waals surface area contributed by atoms with Crippen LogP contribution in [0.1, 0.15) is 19.8 Å². The molecule has 1 heterocycles. The lowest BCUT2D eigenvalue weighted by atomic mass is 10.1. The maximum Gasteiger partial charge on any atom is 0.262 e. The van der Waals surface area contributed by atoms with Crippen LogP contribution in [0.3, 0.4) is 0 Å². The molecular weight excluding hydrogens is 394 g/mol. The van der Waals surface area contributed by atoms with Crippen molar-refractivity contribution in [3.8, 4) is 5.75 Å². The van der Waals surface area contributed by atoms with Gasteiger partial charge in [-0.2, -0.15) is 5.53 Å². The highest BCUT2D eigenvalue weighted by Crippen LogP contribution is 2.18. The maximum absolute atomic E-state index is 12.2. The number of likely N-dealkylation sites (tertiary alicyclic amines) is 1. The molecule has 9 heteroatoms. The topological polar surface area (TPSA) is 119 Å². The van der Waals surface area contributed by atoms with Crippen molar-refractivity contribution in [3.05, 3.63) is 48.5 Å². The van der Waals surface area contributed by atoms with Crippen molar-refractivity contribution in [1.82, 2.24) is 4.90 Å². The molecule has 1 atom stereocenters. The Hall–Kier alpha value is -3.30. The Bertz CT molecular complexity index is 868. The van der Waals surface area contributed by atoms with Crippen LogP contribution in [0.25, 0.3) is 0 Å². The van der Waals surface area contributed by atoms with Gasteiger partial charge in [-0.3, -0.25) is 10.1 Å². The van der Waals surface area contributed by atoms with E-state index in [-0.39, 0.29) is 12.5 Å². The van der Waals surface area contributed by atoms with Gasteiger partial charge < -0.3 is 20.3 Å². The average Bonchev–Trinajstić information content (AvgIpc) is 2.80. The van der Waals surface area contributed by atoms with Gasteiger partial charge in [0.25, 0.3) is 5.91 Å². The summed E-state index contributed by atoms with van der Waals surface area (Å²) >= 11 is 0. The number of carbonyl (C=O) groups is 1. The van der Waals surface area contributed by atoms with Gasteiger partial charge in [0.15, 0.2) is 6.61 Å². The first kappa shape index (κ1) is 22.4. The predicted molar refractivity (Wildman–Crippen MR) is 121 cm³/mol. The van der Waals surface area contributed by atoms with Crippen molar-refractivity contribution < 1.29 is 14.8 Å². The van der Waals surface area contributed by atoms with Crippen LogP contribution in [0, 0.1) is 5.53 Å². The van der Waals surface area contributed by atoms with Crippen LogP contribution in [0.5, 0.6) is 5.75 Å². The normalized spacial score (nSPS) is 16.7. The Morgan fingerprint density at radius 2 is 1.97 bits per heavy atom. The van der Waals surface area contributed by atoms with Crippen LogP contribution in [0.15, 0.2) is 58.9 Å². The lowest BCUT2D eigenvalue weighted by molar-refractivity contribution is -0.433. The van der Waals surface area contributed by atoms with Gasteiger partial charge in [-0.1, -0.05) is 12.0 Å². The first-order valence-electron chi connectivity index (χ1n) is 10.5. The van der Waals surface area contributed by atoms with Crippen LogP contribution in [0.4, 0.5) is 17.1 Å². The first-order valence-corrected chi connectivity index (χ1v) is 10.5. The van der Waals surface area contributed by atoms with E-state index in [1.165, 1.54) is 25.7 Å². The fourth-order valence-electron chi connectivity index (χ4n) is 3.52. The van der Waals surface area contributed by atoms with E-state index < -0.39 is 0 Å². The molecule has 0 radical (unpaired) electrons. The van der Waals surface area contributed by atoms with Crippen LogP contribution >= 0.6 is 0 Å². The number of hydrogen-bond donors (Lipinski definition) is 4. The Balaban J connectivity index is 1.42. The molecule has 0 aliphatic carbocycles. The van der Waals surface area contributed by atoms with Crippen molar-refractivity contribution in [2.24, 2.45) is 10.3 Å². The molecule has 31 heavy (non-hydrogen) atoms. The highest BCUT2D eigenvalue weighted by atomic mass is 16.5. The molecule has 1 amide bonds. The molecule has 2 aromatic carbocycles. The molecule has 3 rings (SSSR count). The predicted octanol–water partition coefficient (Wildman–Crippen LogP) is 2.77. The minimum atomic E-state index is -0.216. The number of ether oxygens (including phenoxy) is 1. The maximum atomic E-state index is 12.2. The number of amides is 1. The molecule has 5 N–H and O–H groups in total. The Morgan fingerprint density at radius 3 is 2.68 bits per heavy atom. The van der Waals surface area contributed by atoms with E-state index in [4.69, 9.17) is 10.3 Å². The number of piperidine rings is 1. The second kappa shape index (κ2) is 11.8. The fraction of sp³-hybridized carbons (Fsp3) is 0.364. The molecule has 0 saturated carbocycles. The standard InChI is InChI=1S/C22H29N7O2/c1-2-29-13-3-4-20(14-29)26-18-5-7-19(8-6-18)27-22(30)15-31-21-11-9-17(10-12-21)24-16-25-28-23/h5-12,16,20,26H,2-4,13-15H2,1H3,(H,27,30)(H2,23,24,25)/p+1. The van der Waals surface area contributed by atoms with Gasteiger partial charge in [0.2, 0.25) is 6.34 Å². The summed E-state index contributed by atoms with van der Waals surface area (Å²) in [5.74, 6) is 0.383. The van der Waals surface area contributed by atoms with Gasteiger partial charge in [-0.15, -0.1) is 0 Å². The lowest BCUT2D eigenvalue weighted by Gasteiger charge is -2.32. The zero-order chi connectivity index (χ0) is 21.9. The van der Waals surface area contributed by atoms with E-state index in [1.807, 2.05) is 36.4 Å². The summed E-state index contributed by atoms with van der Waals surface area (Å²) in [6.07, 6.45) is 3.84. The van der Waals surface area contributed by atoms with Crippen LogP contribution < -0.4 is 20.7 Å². The number of benzene rings is 2. The molecule has 1 aliphatic heterocycles. The van der Waals surface area contributed by atoms with Crippen molar-refractivity contribution in [2.45, 2.75) is 25.8 Å². The Labute approximate surface area is 182 Å². The molecule has 1 saturated heterocycles. The molecule has 0 bridgehead atoms. The fourth-order valence-corrected chi connectivity index (χ4v) is 3.52. The summed E-state index contributed by atoms with van der Waals surface area (Å²) in [4.78, 5) is 14.7. The highest BCUT2D eigenvalue weighted by molar-refractivity contribution is 5.92. The minimum Gasteiger partial charge on any atom is -0.484 e. The number of rotatable bonds is 10. The number of carbonyl (C=O) groups excluding carboxylic acids is 1. The zero-order valence-electron chi connectivity index (χ0n) is 17.8. The lowest BCUT2D eigenvalue weighted by Crippen LogP contribution is -2.76. The van der Waals surface area contributed by atoms with Gasteiger partial charge >= 0.3 is 0 Å². The second-order valence-electron chi connectivity index (χ2n) is 7.39. The summed E-state index contributed by atoms with van der Waals surface area (Å²) in [7, 11) is 0. The summed E-state index contributed by atoms with van der Waals surface area (Å²) in [5.41, 5.74) is 9.30. The molecule has 1 unspecified atom stereocenters. The van der Waals surface area contributed by atoms with E-state index in [9.17, 15) is 4.79 Å². The third kappa shape index (κ3) is 7.47. The van der Waals surface area contributed by atoms with E-state index in [0.29, 0.717) is 11.8 Å². The third-order valence-electron chi connectivity index (χ3n) is 5.13. The number of nitrogens with one attached hydrogen (secondary N) is 3. The quantitative estimate of drug-likeness (QED) is 0.154. The summed E-state index contributed by atoms with van der Waals surface area (Å²) in [6.45, 7) is 5.47. The Kier molecular flexibility index (Phi) is 8.50. The molecular formula is C22H30N7O2+. The number of likely N-dealkylation sites (N-methyl/N-ethyl adjacent to an activating group) is 1. The van der Waals surface area contributed by atoms with E-state index >= 15 is 0 Å². The molecule has 1 fully saturated rings. The highest BCUT2D eigenvalue weighted by Gasteiger charge is 2.18. The number of quaternary nitrogens is 1. The minimum absolute atomic E-state index is 0.0723. The van der Waals surface area contributed by atoms with Crippen LogP contribution in [-0.4, -0.2) is 49.4 Å². The van der Waals surface area contributed by atoms with Gasteiger partial charge in [-0.25, -0.2) is 0 Å². The molecule has 1 aliphatic rings. The van der Waals surface area contributed by atoms with Crippen molar-refractivity contribution >= 4 is 29.3 Å². The SMILES string of the molecule is CCN1CCCC(Nc2ccc(NC(=O)COc3ccc([NH2+]C=NN=N)cc3)cc2)C1. The van der Waals surface area contributed by atoms with Crippen molar-refractivity contribution in [1.29, 1.82) is 5.53 Å². The molecule has 0 aromatic heterocycles. The summed E-state index contributed by atoms with van der Waals surface area (Å²) in [5, 5.41) is 14.5. The van der Waals surface area contributed by atoms with Gasteiger partial charge in [0.05, 0.1) is 0 Å². The smallest absolute Gasteiger partial charge is 0.262 e. The van der Waals surface area contributed by atoms with Crippen LogP contribution in [0.2, 0.25) is 0 Å². The number of hydrogen-bond acceptors (Lipinski definition) is 6. The Morgan fingerprint density at radius 1 is 1.23 bits per heavy atom. The molecule has 2 aromatic rings. The molecule has 0 spiro atoms. The van der Waals surface area contributed by atoms with Crippen molar-refractivity contribution in [3.63, 3.8) is 0 Å². The van der Waals surface area contributed by atoms with Crippen molar-refractivity contribution in [2.75, 3.05) is 36.9 Å². The van der Waals surface area contributed by atoms with E-state index in [1.54, 1.807) is 17.4 Å². The van der Waals surface area contributed by atoms with Gasteiger partial charge in [-0.05, 0) is 67.6 Å². The van der Waals surface area contributed by atoms with E-state index in [2.05, 4.69) is 32.8 Å². The molecule has 164 valence electrons. The monoisotopic (exact) mass is 424 g/mol. The second-order valence-corrected chi connectivity index (χ2v) is 7.39. The number of anilines is 2. The molecule has 9 nitrogen and oxygen atoms in total. The third-order valence-corrected chi connectivity index (χ3v) is 5.13. The summed E-state index contributed by atoms with van der Waals surface area (Å²) < 4.78 is 5.54. The number of nitrogens with zero attached hydrogens (tertiary/aromatic N) is 3. The average molecular weight is 425 g/mol. The van der Waals surface area contributed by atoms with E-state index in [0.717, 1.165) is 30.2 Å². The first-order chi connectivity index (χ1) is 15.2. The number of nitrogens with two attached hydrogens (primary N) is 1. The zero-order valence-corrected chi connectivity index (χ0v) is 17.8. The largest absolute Gasteiger partial charge is 0.484 e.